The van der Waals surface area contributed by atoms with Gasteiger partial charge >= 0.3 is 0 Å². The molecule has 0 atom stereocenters. The Kier molecular flexibility index (Phi) is 21.6. The summed E-state index contributed by atoms with van der Waals surface area (Å²) in [5, 5.41) is 53.1. The summed E-state index contributed by atoms with van der Waals surface area (Å²) in [6.07, 6.45) is 59.7. The van der Waals surface area contributed by atoms with Gasteiger partial charge in [-0.3, -0.25) is 28.7 Å². The third kappa shape index (κ3) is 16.6. The summed E-state index contributed by atoms with van der Waals surface area (Å²) in [5.41, 5.74) is 17.6. The van der Waals surface area contributed by atoms with Crippen LogP contribution >= 0.6 is 15.9 Å². The van der Waals surface area contributed by atoms with E-state index in [-0.39, 0.29) is 0 Å². The van der Waals surface area contributed by atoms with E-state index in [4.69, 9.17) is 24.5 Å². The van der Waals surface area contributed by atoms with Crippen molar-refractivity contribution in [1.82, 2.24) is 128 Å². The van der Waals surface area contributed by atoms with E-state index in [1.54, 1.807) is 62.1 Å². The van der Waals surface area contributed by atoms with Crippen molar-refractivity contribution in [1.29, 1.82) is 0 Å². The number of pyridine rings is 1. The minimum atomic E-state index is 0.469. The highest BCUT2D eigenvalue weighted by Crippen LogP contribution is 2.41. The van der Waals surface area contributed by atoms with Crippen LogP contribution in [0.15, 0.2) is 169 Å². The molecule has 4 saturated carbocycles. The fraction of sp³-hybridized carbons (Fsp3) is 0.358. The maximum absolute atomic E-state index is 5.36. The SMILES string of the molecule is Cc1cc(Nc2cc(C3CCCCC3)nc3c(-c4cnn(C)c4)cnn23)on1.Cn1cc(-c2cnn3c(Nc4ccncc4)cc(C4CCCCC4)nc23)cn1.Cn1cc(-c2cnn3c(Nc4cnccn4)cc(C4CCCCC4)nc23)cn1.Cn1cc(-c2cnn3c(Nc4ncc(Br)cn4)cc(C4CCCCC4)nc23)cn1. The highest BCUT2D eigenvalue weighted by Gasteiger charge is 2.27. The van der Waals surface area contributed by atoms with Gasteiger partial charge in [0.2, 0.25) is 11.8 Å². The molecule has 20 rings (SSSR count). The summed E-state index contributed by atoms with van der Waals surface area (Å²) in [5.74, 6) is 7.16. The van der Waals surface area contributed by atoms with Gasteiger partial charge in [0.05, 0.1) is 65.9 Å². The monoisotopic (exact) mass is 1580 g/mol. The number of fused-ring (bicyclic) bond motifs is 4. The van der Waals surface area contributed by atoms with Crippen molar-refractivity contribution < 1.29 is 4.52 Å². The van der Waals surface area contributed by atoms with E-state index < -0.39 is 0 Å². The first-order valence-electron chi connectivity index (χ1n) is 39.1. The molecule has 16 aromatic rings. The van der Waals surface area contributed by atoms with Crippen LogP contribution in [0.5, 0.6) is 0 Å². The van der Waals surface area contributed by atoms with Crippen LogP contribution in [0, 0.1) is 6.92 Å². The minimum absolute atomic E-state index is 0.469. The molecule has 4 fully saturated rings. The van der Waals surface area contributed by atoms with Crippen LogP contribution < -0.4 is 21.3 Å². The number of nitrogens with one attached hydrogen (secondary N) is 4. The molecule has 0 aromatic carbocycles. The molecule has 4 N–H and O–H groups in total. The lowest BCUT2D eigenvalue weighted by Crippen LogP contribution is -2.10. The summed E-state index contributed by atoms with van der Waals surface area (Å²) in [7, 11) is 7.66. The van der Waals surface area contributed by atoms with Crippen LogP contribution in [-0.4, -0.2) is 128 Å². The van der Waals surface area contributed by atoms with Crippen molar-refractivity contribution >= 4 is 85.1 Å². The minimum Gasteiger partial charge on any atom is -0.340 e. The summed E-state index contributed by atoms with van der Waals surface area (Å²) in [6.45, 7) is 1.90. The molecule has 16 aromatic heterocycles. The van der Waals surface area contributed by atoms with Crippen molar-refractivity contribution in [2.24, 2.45) is 28.2 Å². The van der Waals surface area contributed by atoms with Crippen LogP contribution in [0.25, 0.3) is 67.1 Å². The maximum Gasteiger partial charge on any atom is 0.230 e. The molecule has 16 heterocycles. The molecular weight excluding hydrogens is 1490 g/mol. The number of nitrogens with zero attached hydrogens (tertiary/aromatic N) is 26. The van der Waals surface area contributed by atoms with E-state index in [2.05, 4.69) is 132 Å². The zero-order valence-electron chi connectivity index (χ0n) is 63.9. The van der Waals surface area contributed by atoms with Gasteiger partial charge in [-0.05, 0) is 86.4 Å². The first kappa shape index (κ1) is 73.3. The zero-order valence-corrected chi connectivity index (χ0v) is 65.5. The van der Waals surface area contributed by atoms with Crippen molar-refractivity contribution in [2.45, 2.75) is 159 Å². The molecule has 4 aliphatic rings. The lowest BCUT2D eigenvalue weighted by molar-refractivity contribution is 0.429. The third-order valence-electron chi connectivity index (χ3n) is 21.6. The van der Waals surface area contributed by atoms with Gasteiger partial charge in [0.15, 0.2) is 22.6 Å². The first-order chi connectivity index (χ1) is 55.4. The second-order valence-electron chi connectivity index (χ2n) is 29.8. The van der Waals surface area contributed by atoms with Crippen LogP contribution in [0.2, 0.25) is 0 Å². The molecule has 32 heteroatoms. The highest BCUT2D eigenvalue weighted by molar-refractivity contribution is 9.10. The lowest BCUT2D eigenvalue weighted by Gasteiger charge is -2.22. The van der Waals surface area contributed by atoms with Gasteiger partial charge < -0.3 is 25.8 Å². The van der Waals surface area contributed by atoms with Gasteiger partial charge in [-0.15, -0.1) is 0 Å². The van der Waals surface area contributed by atoms with Crippen molar-refractivity contribution in [2.75, 3.05) is 21.3 Å². The molecule has 576 valence electrons. The van der Waals surface area contributed by atoms with Gasteiger partial charge in [-0.2, -0.15) is 58.9 Å². The summed E-state index contributed by atoms with van der Waals surface area (Å²) in [4.78, 5) is 41.4. The van der Waals surface area contributed by atoms with E-state index in [1.807, 2.05) is 146 Å². The fourth-order valence-corrected chi connectivity index (χ4v) is 16.1. The van der Waals surface area contributed by atoms with Crippen molar-refractivity contribution in [3.63, 3.8) is 0 Å². The second kappa shape index (κ2) is 33.2. The van der Waals surface area contributed by atoms with Crippen molar-refractivity contribution in [3.05, 3.63) is 193 Å². The third-order valence-corrected chi connectivity index (χ3v) is 22.0. The zero-order chi connectivity index (χ0) is 76.7. The average molecular weight is 1580 g/mol. The normalized spacial score (nSPS) is 15.2. The standard InChI is InChI=1S/C21H23N7.C20H21BrN8.C20H22N8.C20H23N7O/c1-27-14-16(12-23-27)18-13-24-28-20(25-17-7-9-22-10-8-17)11-19(26-21(18)28)15-5-3-2-4-6-15;1-28-12-14(8-24-28)16-11-25-29-18(27-20-22-9-15(21)10-23-20)7-17(26-19(16)29)13-5-3-2-4-6-13;1-27-13-15(10-23-27)16-11-24-28-19(26-18-12-21-7-8-22-18)9-17(25-20(16)28)14-5-3-2-4-6-14;1-13-8-19(28-25-13)24-18-9-17(14-6-4-3-5-7-14)23-20-16(11-22-27(18)20)15-10-21-26(2)12-15/h7-15H,2-6H2,1H3,(H,22,25);7-13H,2-6H2,1H3,(H,22,23,27);7-14H,2-6H2,1H3,(H,22,26);8-12,14,24H,3-7H2,1-2H3. The molecule has 0 bridgehead atoms. The number of aryl methyl sites for hydroxylation is 5. The van der Waals surface area contributed by atoms with Gasteiger partial charge in [0, 0.05) is 217 Å². The largest absolute Gasteiger partial charge is 0.340 e. The Hall–Kier alpha value is -12.5. The molecule has 4 aliphatic carbocycles. The van der Waals surface area contributed by atoms with Crippen LogP contribution in [0.4, 0.5) is 46.6 Å². The smallest absolute Gasteiger partial charge is 0.230 e. The van der Waals surface area contributed by atoms with E-state index in [0.717, 1.165) is 129 Å². The van der Waals surface area contributed by atoms with Gasteiger partial charge in [-0.25, -0.2) is 34.9 Å². The molecular formula is C81H89BrN30O. The molecule has 0 unspecified atom stereocenters. The maximum atomic E-state index is 5.36. The quantitative estimate of drug-likeness (QED) is 0.0698. The predicted octanol–water partition coefficient (Wildman–Crippen LogP) is 16.7. The lowest BCUT2D eigenvalue weighted by atomic mass is 9.87. The Morgan fingerprint density at radius 3 is 1.06 bits per heavy atom. The van der Waals surface area contributed by atoms with Crippen molar-refractivity contribution in [3.8, 4) is 44.5 Å². The number of hydrogen-bond donors (Lipinski definition) is 4. The van der Waals surface area contributed by atoms with Crippen LogP contribution in [-0.2, 0) is 28.2 Å². The molecule has 31 nitrogen and oxygen atoms in total. The van der Waals surface area contributed by atoms with E-state index in [0.29, 0.717) is 41.3 Å². The predicted molar refractivity (Wildman–Crippen MR) is 434 cm³/mol. The Labute approximate surface area is 659 Å². The van der Waals surface area contributed by atoms with Crippen LogP contribution in [0.1, 0.15) is 181 Å². The molecule has 0 spiro atoms. The number of halogens is 1. The van der Waals surface area contributed by atoms with E-state index in [9.17, 15) is 0 Å². The van der Waals surface area contributed by atoms with Crippen LogP contribution in [0.3, 0.4) is 0 Å². The summed E-state index contributed by atoms with van der Waals surface area (Å²) < 4.78 is 20.7. The second-order valence-corrected chi connectivity index (χ2v) is 30.7. The number of hydrogen-bond acceptors (Lipinski definition) is 23. The molecule has 0 aliphatic heterocycles. The topological polar surface area (TPSA) is 331 Å². The van der Waals surface area contributed by atoms with Gasteiger partial charge in [-0.1, -0.05) is 82.2 Å². The molecule has 0 amide bonds. The Balaban J connectivity index is 0.000000109. The Bertz CT molecular complexity index is 5700. The molecule has 0 saturated heterocycles. The summed E-state index contributed by atoms with van der Waals surface area (Å²) in [6, 6.07) is 14.2. The van der Waals surface area contributed by atoms with Gasteiger partial charge in [0.1, 0.15) is 29.1 Å². The first-order valence-corrected chi connectivity index (χ1v) is 39.9. The average Bonchev–Trinajstić information content (AvgIpc) is 1.67. The number of anilines is 8. The molecule has 113 heavy (non-hydrogen) atoms. The Morgan fingerprint density at radius 1 is 0.363 bits per heavy atom. The van der Waals surface area contributed by atoms with Gasteiger partial charge in [0.25, 0.3) is 0 Å². The Morgan fingerprint density at radius 2 is 0.726 bits per heavy atom. The van der Waals surface area contributed by atoms with E-state index >= 15 is 0 Å². The fourth-order valence-electron chi connectivity index (χ4n) is 15.9. The van der Waals surface area contributed by atoms with E-state index in [1.165, 1.54) is 128 Å². The highest BCUT2D eigenvalue weighted by atomic mass is 79.9. The summed E-state index contributed by atoms with van der Waals surface area (Å²) >= 11 is 3.38. The number of rotatable bonds is 16. The molecule has 0 radical (unpaired) electrons. The number of aromatic nitrogens is 26.